The van der Waals surface area contributed by atoms with Crippen LogP contribution >= 0.6 is 0 Å². The number of imide groups is 1. The molecule has 1 aromatic carbocycles. The first kappa shape index (κ1) is 25.4. The second-order valence-corrected chi connectivity index (χ2v) is 6.46. The van der Waals surface area contributed by atoms with E-state index in [9.17, 15) is 9.59 Å². The quantitative estimate of drug-likeness (QED) is 0.427. The van der Waals surface area contributed by atoms with Crippen molar-refractivity contribution in [2.45, 2.75) is 59.3 Å². The van der Waals surface area contributed by atoms with Gasteiger partial charge in [0.2, 0.25) is 5.91 Å². The Morgan fingerprint density at radius 2 is 1.77 bits per heavy atom. The minimum Gasteiger partial charge on any atom is -0.347 e. The van der Waals surface area contributed by atoms with Crippen molar-refractivity contribution < 1.29 is 14.3 Å². The molecule has 2 heterocycles. The van der Waals surface area contributed by atoms with Crippen LogP contribution in [0.2, 0.25) is 0 Å². The summed E-state index contributed by atoms with van der Waals surface area (Å²) in [4.78, 5) is 28.5. The molecular formula is C25H36N2O3. The number of epoxide rings is 1. The lowest BCUT2D eigenvalue weighted by Gasteiger charge is -2.27. The van der Waals surface area contributed by atoms with E-state index in [0.717, 1.165) is 11.1 Å². The number of hydrogen-bond acceptors (Lipinski definition) is 3. The van der Waals surface area contributed by atoms with Crippen LogP contribution < -0.4 is 0 Å². The monoisotopic (exact) mass is 412 g/mol. The molecule has 2 unspecified atom stereocenters. The van der Waals surface area contributed by atoms with Crippen molar-refractivity contribution in [3.05, 3.63) is 72.9 Å². The van der Waals surface area contributed by atoms with Gasteiger partial charge in [0.15, 0.2) is 6.23 Å². The second kappa shape index (κ2) is 13.5. The summed E-state index contributed by atoms with van der Waals surface area (Å²) in [5.41, 5.74) is 2.10. The molecule has 2 aliphatic heterocycles. The zero-order chi connectivity index (χ0) is 22.5. The number of carbonyl (C=O) groups is 2. The average molecular weight is 413 g/mol. The molecule has 3 amide bonds. The van der Waals surface area contributed by atoms with Gasteiger partial charge in [-0.3, -0.25) is 14.6 Å². The van der Waals surface area contributed by atoms with Crippen LogP contribution in [0.5, 0.6) is 0 Å². The van der Waals surface area contributed by atoms with Gasteiger partial charge in [0.1, 0.15) is 6.10 Å². The van der Waals surface area contributed by atoms with Gasteiger partial charge >= 0.3 is 6.03 Å². The Bertz CT molecular complexity index is 727. The van der Waals surface area contributed by atoms with E-state index in [0.29, 0.717) is 25.9 Å². The van der Waals surface area contributed by atoms with Crippen LogP contribution in [0.4, 0.5) is 4.79 Å². The number of nitrogens with zero attached hydrogens (tertiary/aromatic N) is 2. The molecular weight excluding hydrogens is 376 g/mol. The summed E-state index contributed by atoms with van der Waals surface area (Å²) >= 11 is 0. The molecule has 0 aromatic heterocycles. The van der Waals surface area contributed by atoms with Crippen molar-refractivity contribution in [2.75, 3.05) is 13.1 Å². The molecule has 2 aliphatic rings. The zero-order valence-corrected chi connectivity index (χ0v) is 18.8. The second-order valence-electron chi connectivity index (χ2n) is 6.46. The van der Waals surface area contributed by atoms with Crippen molar-refractivity contribution >= 4 is 11.9 Å². The minimum atomic E-state index is -0.289. The highest BCUT2D eigenvalue weighted by atomic mass is 16.6. The molecule has 2 saturated heterocycles. The highest BCUT2D eigenvalue weighted by Crippen LogP contribution is 2.34. The van der Waals surface area contributed by atoms with Crippen LogP contribution in [-0.4, -0.2) is 47.2 Å². The molecule has 2 fully saturated rings. The van der Waals surface area contributed by atoms with Gasteiger partial charge < -0.3 is 4.74 Å². The molecule has 30 heavy (non-hydrogen) atoms. The summed E-state index contributed by atoms with van der Waals surface area (Å²) < 4.78 is 5.54. The van der Waals surface area contributed by atoms with Crippen molar-refractivity contribution in [3.8, 4) is 0 Å². The topological polar surface area (TPSA) is 53.2 Å². The maximum absolute atomic E-state index is 13.0. The minimum absolute atomic E-state index is 0.161. The lowest BCUT2D eigenvalue weighted by atomic mass is 10.1. The predicted molar refractivity (Wildman–Crippen MR) is 123 cm³/mol. The van der Waals surface area contributed by atoms with E-state index in [1.165, 1.54) is 4.90 Å². The van der Waals surface area contributed by atoms with Crippen LogP contribution in [0, 0.1) is 0 Å². The number of hydrogen-bond donors (Lipinski definition) is 0. The number of fused-ring (bicyclic) bond motifs is 1. The Labute approximate surface area is 181 Å². The van der Waals surface area contributed by atoms with Gasteiger partial charge in [-0.05, 0) is 24.0 Å². The Kier molecular flexibility index (Phi) is 11.5. The van der Waals surface area contributed by atoms with E-state index >= 15 is 0 Å². The highest BCUT2D eigenvalue weighted by Gasteiger charge is 2.51. The molecule has 0 radical (unpaired) electrons. The smallest absolute Gasteiger partial charge is 0.328 e. The molecule has 0 N–H and O–H groups in total. The molecule has 0 aliphatic carbocycles. The Hall–Kier alpha value is -2.66. The van der Waals surface area contributed by atoms with E-state index < -0.39 is 0 Å². The van der Waals surface area contributed by atoms with Gasteiger partial charge in [0, 0.05) is 13.1 Å². The predicted octanol–water partition coefficient (Wildman–Crippen LogP) is 5.35. The fourth-order valence-corrected chi connectivity index (χ4v) is 3.19. The summed E-state index contributed by atoms with van der Waals surface area (Å²) in [5, 5.41) is 0. The number of benzene rings is 1. The van der Waals surface area contributed by atoms with Crippen molar-refractivity contribution in [3.63, 3.8) is 0 Å². The lowest BCUT2D eigenvalue weighted by Crippen LogP contribution is -2.46. The van der Waals surface area contributed by atoms with Crippen molar-refractivity contribution in [2.24, 2.45) is 0 Å². The number of amides is 3. The van der Waals surface area contributed by atoms with E-state index in [2.05, 4.69) is 13.2 Å². The normalized spacial score (nSPS) is 20.1. The number of carbonyl (C=O) groups excluding carboxylic acids is 2. The summed E-state index contributed by atoms with van der Waals surface area (Å²) in [6.45, 7) is 16.3. The van der Waals surface area contributed by atoms with E-state index in [4.69, 9.17) is 4.74 Å². The van der Waals surface area contributed by atoms with Gasteiger partial charge in [-0.1, -0.05) is 89.4 Å². The van der Waals surface area contributed by atoms with Crippen molar-refractivity contribution in [1.29, 1.82) is 0 Å². The van der Waals surface area contributed by atoms with Crippen LogP contribution in [-0.2, 0) is 16.0 Å². The van der Waals surface area contributed by atoms with Crippen LogP contribution in [0.15, 0.2) is 67.3 Å². The molecule has 164 valence electrons. The molecule has 0 spiro atoms. The fraction of sp³-hybridized carbons (Fsp3) is 0.440. The van der Waals surface area contributed by atoms with Gasteiger partial charge in [0.25, 0.3) is 0 Å². The van der Waals surface area contributed by atoms with Gasteiger partial charge in [0.05, 0.1) is 6.42 Å². The fourth-order valence-electron chi connectivity index (χ4n) is 3.19. The van der Waals surface area contributed by atoms with Crippen LogP contribution in [0.3, 0.4) is 0 Å². The third-order valence-corrected chi connectivity index (χ3v) is 4.72. The maximum atomic E-state index is 13.0. The Morgan fingerprint density at radius 1 is 1.10 bits per heavy atom. The maximum Gasteiger partial charge on any atom is 0.328 e. The summed E-state index contributed by atoms with van der Waals surface area (Å²) in [7, 11) is 0. The number of rotatable bonds is 8. The third kappa shape index (κ3) is 6.99. The molecule has 5 heteroatoms. The SMILES string of the molecule is C=C/C=C(\C=C)CCN1C(=O)N(CCc2ccccc2)C(=O)CC2OC21.CC.CC. The number of ether oxygens (including phenoxy) is 1. The molecule has 3 rings (SSSR count). The van der Waals surface area contributed by atoms with E-state index in [1.807, 2.05) is 64.1 Å². The average Bonchev–Trinajstić information content (AvgIpc) is 3.55. The first-order chi connectivity index (χ1) is 14.6. The highest BCUT2D eigenvalue weighted by molar-refractivity contribution is 5.96. The molecule has 2 atom stereocenters. The lowest BCUT2D eigenvalue weighted by molar-refractivity contribution is -0.129. The van der Waals surface area contributed by atoms with E-state index in [1.54, 1.807) is 17.1 Å². The van der Waals surface area contributed by atoms with Gasteiger partial charge in [-0.15, -0.1) is 0 Å². The molecule has 1 aromatic rings. The molecule has 5 nitrogen and oxygen atoms in total. The zero-order valence-electron chi connectivity index (χ0n) is 18.8. The summed E-state index contributed by atoms with van der Waals surface area (Å²) in [6.07, 6.45) is 6.43. The molecule has 0 bridgehead atoms. The standard InChI is InChI=1S/C21H24N2O3.2C2H6/c1-3-8-16(4-2)11-14-23-20-18(26-20)15-19(24)22(21(23)25)13-12-17-9-6-5-7-10-17;2*1-2/h3-10,18,20H,1-2,11-15H2;2*1-2H3/b16-8+;;. The van der Waals surface area contributed by atoms with Gasteiger partial charge in [-0.2, -0.15) is 0 Å². The molecule has 0 saturated carbocycles. The third-order valence-electron chi connectivity index (χ3n) is 4.72. The largest absolute Gasteiger partial charge is 0.347 e. The van der Waals surface area contributed by atoms with Crippen LogP contribution in [0.1, 0.15) is 46.1 Å². The number of allylic oxidation sites excluding steroid dienone is 3. The first-order valence-electron chi connectivity index (χ1n) is 10.9. The summed E-state index contributed by atoms with van der Waals surface area (Å²) in [5.74, 6) is -0.161. The van der Waals surface area contributed by atoms with Crippen LogP contribution in [0.25, 0.3) is 0 Å². The number of urea groups is 1. The van der Waals surface area contributed by atoms with Gasteiger partial charge in [-0.25, -0.2) is 4.79 Å². The van der Waals surface area contributed by atoms with Crippen molar-refractivity contribution in [1.82, 2.24) is 9.80 Å². The van der Waals surface area contributed by atoms with E-state index in [-0.39, 0.29) is 30.7 Å². The Morgan fingerprint density at radius 3 is 2.37 bits per heavy atom. The summed E-state index contributed by atoms with van der Waals surface area (Å²) in [6, 6.07) is 9.60. The Balaban J connectivity index is 0.00000106. The first-order valence-corrected chi connectivity index (χ1v) is 10.9.